The SMILES string of the molecule is N#Cc1cc(NC2CCN(CC(F)(F)F)CC2)ccc1Cl. The summed E-state index contributed by atoms with van der Waals surface area (Å²) in [7, 11) is 0. The molecule has 0 spiro atoms. The second-order valence-corrected chi connectivity index (χ2v) is 5.52. The van der Waals surface area contributed by atoms with E-state index in [2.05, 4.69) is 5.32 Å². The van der Waals surface area contributed by atoms with Crippen molar-refractivity contribution in [3.05, 3.63) is 28.8 Å². The molecule has 0 aliphatic carbocycles. The van der Waals surface area contributed by atoms with Crippen LogP contribution in [0.5, 0.6) is 0 Å². The lowest BCUT2D eigenvalue weighted by molar-refractivity contribution is -0.147. The molecule has 0 saturated carbocycles. The van der Waals surface area contributed by atoms with Crippen LogP contribution in [0.3, 0.4) is 0 Å². The number of anilines is 1. The molecule has 114 valence electrons. The Morgan fingerprint density at radius 3 is 2.57 bits per heavy atom. The summed E-state index contributed by atoms with van der Waals surface area (Å²) in [6, 6.07) is 7.18. The van der Waals surface area contributed by atoms with Gasteiger partial charge in [-0.15, -0.1) is 0 Å². The lowest BCUT2D eigenvalue weighted by Gasteiger charge is -2.33. The quantitative estimate of drug-likeness (QED) is 0.925. The van der Waals surface area contributed by atoms with Gasteiger partial charge in [-0.3, -0.25) is 4.90 Å². The van der Waals surface area contributed by atoms with Crippen LogP contribution < -0.4 is 5.32 Å². The summed E-state index contributed by atoms with van der Waals surface area (Å²) >= 11 is 5.86. The topological polar surface area (TPSA) is 39.1 Å². The van der Waals surface area contributed by atoms with Crippen LogP contribution in [0.1, 0.15) is 18.4 Å². The van der Waals surface area contributed by atoms with Gasteiger partial charge in [-0.1, -0.05) is 11.6 Å². The average molecular weight is 318 g/mol. The van der Waals surface area contributed by atoms with E-state index in [9.17, 15) is 13.2 Å². The molecular weight excluding hydrogens is 303 g/mol. The largest absolute Gasteiger partial charge is 0.401 e. The molecule has 1 N–H and O–H groups in total. The van der Waals surface area contributed by atoms with Gasteiger partial charge in [0.2, 0.25) is 0 Å². The number of alkyl halides is 3. The number of rotatable bonds is 3. The summed E-state index contributed by atoms with van der Waals surface area (Å²) in [6.45, 7) is -0.0228. The lowest BCUT2D eigenvalue weighted by atomic mass is 10.0. The molecule has 0 amide bonds. The van der Waals surface area contributed by atoms with Crippen molar-refractivity contribution in [1.82, 2.24) is 4.90 Å². The Bertz CT molecular complexity index is 531. The van der Waals surface area contributed by atoms with E-state index < -0.39 is 12.7 Å². The van der Waals surface area contributed by atoms with E-state index in [1.165, 1.54) is 4.90 Å². The van der Waals surface area contributed by atoms with Gasteiger partial charge >= 0.3 is 6.18 Å². The number of benzene rings is 1. The summed E-state index contributed by atoms with van der Waals surface area (Å²) < 4.78 is 36.9. The van der Waals surface area contributed by atoms with Gasteiger partial charge < -0.3 is 5.32 Å². The van der Waals surface area contributed by atoms with Crippen LogP contribution in [0.2, 0.25) is 5.02 Å². The Morgan fingerprint density at radius 2 is 2.00 bits per heavy atom. The van der Waals surface area contributed by atoms with Crippen LogP contribution in [0.15, 0.2) is 18.2 Å². The zero-order valence-corrected chi connectivity index (χ0v) is 12.0. The van der Waals surface area contributed by atoms with Crippen molar-refractivity contribution in [2.24, 2.45) is 0 Å². The predicted octanol–water partition coefficient (Wildman–Crippen LogP) is 3.65. The molecule has 3 nitrogen and oxygen atoms in total. The van der Waals surface area contributed by atoms with Crippen LogP contribution in [0.4, 0.5) is 18.9 Å². The van der Waals surface area contributed by atoms with Gasteiger partial charge in [-0.05, 0) is 31.0 Å². The molecule has 0 atom stereocenters. The van der Waals surface area contributed by atoms with Crippen molar-refractivity contribution in [2.75, 3.05) is 25.0 Å². The van der Waals surface area contributed by atoms with Crippen molar-refractivity contribution in [1.29, 1.82) is 5.26 Å². The van der Waals surface area contributed by atoms with E-state index in [1.807, 2.05) is 6.07 Å². The first kappa shape index (κ1) is 15.9. The van der Waals surface area contributed by atoms with Crippen LogP contribution in [-0.2, 0) is 0 Å². The number of nitrogens with zero attached hydrogens (tertiary/aromatic N) is 2. The minimum Gasteiger partial charge on any atom is -0.382 e. The van der Waals surface area contributed by atoms with Crippen molar-refractivity contribution in [2.45, 2.75) is 25.1 Å². The maximum absolute atomic E-state index is 12.3. The number of nitrogens with one attached hydrogen (secondary N) is 1. The number of piperidine rings is 1. The van der Waals surface area contributed by atoms with Crippen molar-refractivity contribution in [3.63, 3.8) is 0 Å². The van der Waals surface area contributed by atoms with E-state index in [4.69, 9.17) is 16.9 Å². The second kappa shape index (κ2) is 6.54. The second-order valence-electron chi connectivity index (χ2n) is 5.12. The van der Waals surface area contributed by atoms with E-state index in [1.54, 1.807) is 18.2 Å². The number of likely N-dealkylation sites (tertiary alicyclic amines) is 1. The number of nitriles is 1. The predicted molar refractivity (Wildman–Crippen MR) is 75.3 cm³/mol. The van der Waals surface area contributed by atoms with E-state index in [0.29, 0.717) is 36.5 Å². The summed E-state index contributed by atoms with van der Waals surface area (Å²) in [5.41, 5.74) is 1.15. The van der Waals surface area contributed by atoms with Gasteiger partial charge in [0, 0.05) is 24.8 Å². The Morgan fingerprint density at radius 1 is 1.33 bits per heavy atom. The average Bonchev–Trinajstić information content (AvgIpc) is 2.41. The van der Waals surface area contributed by atoms with Crippen LogP contribution in [0, 0.1) is 11.3 Å². The van der Waals surface area contributed by atoms with Crippen molar-refractivity contribution < 1.29 is 13.2 Å². The van der Waals surface area contributed by atoms with E-state index in [-0.39, 0.29) is 6.04 Å². The molecule has 2 rings (SSSR count). The maximum Gasteiger partial charge on any atom is 0.401 e. The summed E-state index contributed by atoms with van der Waals surface area (Å²) in [5, 5.41) is 12.6. The lowest BCUT2D eigenvalue weighted by Crippen LogP contribution is -2.43. The number of hydrogen-bond donors (Lipinski definition) is 1. The zero-order chi connectivity index (χ0) is 15.5. The third kappa shape index (κ3) is 4.80. The molecule has 0 bridgehead atoms. The maximum atomic E-state index is 12.3. The fourth-order valence-electron chi connectivity index (χ4n) is 2.43. The van der Waals surface area contributed by atoms with Gasteiger partial charge in [0.1, 0.15) is 6.07 Å². The van der Waals surface area contributed by atoms with Gasteiger partial charge in [-0.25, -0.2) is 0 Å². The van der Waals surface area contributed by atoms with Crippen LogP contribution in [0.25, 0.3) is 0 Å². The first-order valence-electron chi connectivity index (χ1n) is 6.62. The first-order valence-corrected chi connectivity index (χ1v) is 7.00. The first-order chi connectivity index (χ1) is 9.87. The number of halogens is 4. The van der Waals surface area contributed by atoms with Crippen molar-refractivity contribution >= 4 is 17.3 Å². The smallest absolute Gasteiger partial charge is 0.382 e. The van der Waals surface area contributed by atoms with Gasteiger partial charge in [0.15, 0.2) is 0 Å². The molecule has 0 radical (unpaired) electrons. The van der Waals surface area contributed by atoms with Crippen molar-refractivity contribution in [3.8, 4) is 6.07 Å². The minimum absolute atomic E-state index is 0.113. The Labute approximate surface area is 126 Å². The molecule has 1 aromatic carbocycles. The Balaban J connectivity index is 1.88. The molecule has 1 heterocycles. The molecule has 1 fully saturated rings. The monoisotopic (exact) mass is 317 g/mol. The highest BCUT2D eigenvalue weighted by molar-refractivity contribution is 6.31. The standard InChI is InChI=1S/C14H15ClF3N3/c15-13-2-1-12(7-10(13)8-19)20-11-3-5-21(6-4-11)9-14(16,17)18/h1-2,7,11,20H,3-6,9H2. The van der Waals surface area contributed by atoms with E-state index >= 15 is 0 Å². The highest BCUT2D eigenvalue weighted by Crippen LogP contribution is 2.24. The fourth-order valence-corrected chi connectivity index (χ4v) is 2.59. The molecule has 0 unspecified atom stereocenters. The normalized spacial score (nSPS) is 17.5. The molecule has 7 heteroatoms. The van der Waals surface area contributed by atoms with E-state index in [0.717, 1.165) is 5.69 Å². The molecule has 0 aromatic heterocycles. The molecule has 1 aromatic rings. The molecule has 1 aliphatic rings. The summed E-state index contributed by atoms with van der Waals surface area (Å²) in [5.74, 6) is 0. The Hall–Kier alpha value is -1.45. The zero-order valence-electron chi connectivity index (χ0n) is 11.3. The highest BCUT2D eigenvalue weighted by Gasteiger charge is 2.32. The molecule has 1 aliphatic heterocycles. The van der Waals surface area contributed by atoms with Gasteiger partial charge in [-0.2, -0.15) is 18.4 Å². The highest BCUT2D eigenvalue weighted by atomic mass is 35.5. The summed E-state index contributed by atoms with van der Waals surface area (Å²) in [6.07, 6.45) is -2.86. The molecular formula is C14H15ClF3N3. The Kier molecular flexibility index (Phi) is 4.96. The third-order valence-electron chi connectivity index (χ3n) is 3.45. The van der Waals surface area contributed by atoms with Crippen LogP contribution in [-0.4, -0.2) is 36.8 Å². The summed E-state index contributed by atoms with van der Waals surface area (Å²) in [4.78, 5) is 1.42. The third-order valence-corrected chi connectivity index (χ3v) is 3.78. The van der Waals surface area contributed by atoms with Gasteiger partial charge in [0.05, 0.1) is 17.1 Å². The van der Waals surface area contributed by atoms with Crippen LogP contribution >= 0.6 is 11.6 Å². The number of hydrogen-bond acceptors (Lipinski definition) is 3. The fraction of sp³-hybridized carbons (Fsp3) is 0.500. The van der Waals surface area contributed by atoms with Gasteiger partial charge in [0.25, 0.3) is 0 Å². The minimum atomic E-state index is -4.14. The molecule has 1 saturated heterocycles. The molecule has 21 heavy (non-hydrogen) atoms.